The van der Waals surface area contributed by atoms with Gasteiger partial charge in [-0.15, -0.1) is 0 Å². The van der Waals surface area contributed by atoms with Gasteiger partial charge in [0, 0.05) is 30.6 Å². The van der Waals surface area contributed by atoms with Gasteiger partial charge in [0.2, 0.25) is 11.7 Å². The Morgan fingerprint density at radius 2 is 1.40 bits per heavy atom. The van der Waals surface area contributed by atoms with Crippen LogP contribution in [0.2, 0.25) is 0 Å². The van der Waals surface area contributed by atoms with Crippen LogP contribution in [-0.2, 0) is 63.6 Å². The van der Waals surface area contributed by atoms with E-state index in [1.165, 1.54) is 41.5 Å². The zero-order chi connectivity index (χ0) is 52.6. The second kappa shape index (κ2) is 24.9. The summed E-state index contributed by atoms with van der Waals surface area (Å²) in [6, 6.07) is 5.48. The summed E-state index contributed by atoms with van der Waals surface area (Å²) in [6.45, 7) is 19.1. The number of hydrogen-bond donors (Lipinski definition) is 7. The minimum Gasteiger partial charge on any atom is -0.457 e. The van der Waals surface area contributed by atoms with Gasteiger partial charge < -0.3 is 71.2 Å². The lowest BCUT2D eigenvalue weighted by Gasteiger charge is -2.47. The second-order valence-corrected chi connectivity index (χ2v) is 21.8. The lowest BCUT2D eigenvalue weighted by atomic mass is 9.73. The van der Waals surface area contributed by atoms with Crippen LogP contribution < -0.4 is 27.8 Å². The fourth-order valence-electron chi connectivity index (χ4n) is 9.70. The molecule has 1 aliphatic heterocycles. The van der Waals surface area contributed by atoms with E-state index in [0.29, 0.717) is 31.6 Å². The van der Waals surface area contributed by atoms with Gasteiger partial charge in [-0.3, -0.25) is 19.2 Å². The number of hydrogen-bond acceptors (Lipinski definition) is 18. The smallest absolute Gasteiger partial charge is 0.344 e. The Balaban J connectivity index is 1.23. The predicted octanol–water partition coefficient (Wildman–Crippen LogP) is 2.31. The van der Waals surface area contributed by atoms with E-state index < -0.39 is 126 Å². The van der Waals surface area contributed by atoms with Crippen molar-refractivity contribution in [1.29, 1.82) is 0 Å². The summed E-state index contributed by atoms with van der Waals surface area (Å²) in [5, 5.41) is 27.6. The summed E-state index contributed by atoms with van der Waals surface area (Å²) in [4.78, 5) is 65.6. The Hall–Kier alpha value is -3.63. The van der Waals surface area contributed by atoms with Crippen LogP contribution in [0.5, 0.6) is 0 Å². The molecule has 398 valence electrons. The first-order valence-electron chi connectivity index (χ1n) is 24.9. The Morgan fingerprint density at radius 3 is 2.00 bits per heavy atom. The maximum atomic E-state index is 13.6. The fourth-order valence-corrected chi connectivity index (χ4v) is 9.70. The largest absolute Gasteiger partial charge is 0.457 e. The molecule has 0 spiro atoms. The van der Waals surface area contributed by atoms with Crippen molar-refractivity contribution in [3.8, 4) is 0 Å². The van der Waals surface area contributed by atoms with Crippen LogP contribution in [0.3, 0.4) is 0 Å². The van der Waals surface area contributed by atoms with Crippen LogP contribution in [0.25, 0.3) is 0 Å². The third-order valence-corrected chi connectivity index (χ3v) is 14.6. The van der Waals surface area contributed by atoms with Crippen molar-refractivity contribution in [1.82, 2.24) is 10.6 Å². The number of ether oxygens (including phenoxy) is 7. The first kappa shape index (κ1) is 58.9. The lowest BCUT2D eigenvalue weighted by molar-refractivity contribution is -0.286. The lowest BCUT2D eigenvalue weighted by Crippen LogP contribution is -2.66. The highest BCUT2D eigenvalue weighted by Crippen LogP contribution is 2.37. The first-order chi connectivity index (χ1) is 32.5. The van der Waals surface area contributed by atoms with Gasteiger partial charge in [-0.05, 0) is 124 Å². The molecule has 1 saturated heterocycles. The van der Waals surface area contributed by atoms with E-state index in [2.05, 4.69) is 31.4 Å². The van der Waals surface area contributed by atoms with E-state index >= 15 is 0 Å². The average Bonchev–Trinajstić information content (AvgIpc) is 3.26. The number of amides is 1. The molecule has 2 aliphatic carbocycles. The van der Waals surface area contributed by atoms with Crippen molar-refractivity contribution >= 4 is 29.6 Å². The van der Waals surface area contributed by atoms with Gasteiger partial charge in [0.1, 0.15) is 29.0 Å². The molecule has 2 saturated carbocycles. The molecule has 1 aromatic carbocycles. The minimum atomic E-state index is -1.54. The number of carbonyl (C=O) groups is 5. The van der Waals surface area contributed by atoms with E-state index in [4.69, 9.17) is 50.4 Å². The molecule has 19 heteroatoms. The Labute approximate surface area is 414 Å². The average molecular weight is 992 g/mol. The van der Waals surface area contributed by atoms with Crippen molar-refractivity contribution in [2.45, 2.75) is 205 Å². The highest BCUT2D eigenvalue weighted by molar-refractivity contribution is 5.90. The predicted molar refractivity (Wildman–Crippen MR) is 260 cm³/mol. The number of benzene rings is 1. The van der Waals surface area contributed by atoms with E-state index in [0.717, 1.165) is 17.5 Å². The number of rotatable bonds is 22. The van der Waals surface area contributed by atoms with Crippen molar-refractivity contribution in [2.24, 2.45) is 40.9 Å². The zero-order valence-corrected chi connectivity index (χ0v) is 43.7. The maximum Gasteiger partial charge on any atom is 0.344 e. The molecule has 16 atom stereocenters. The topological polar surface area (TPSA) is 293 Å². The highest BCUT2D eigenvalue weighted by atomic mass is 16.7. The Kier molecular flexibility index (Phi) is 20.9. The van der Waals surface area contributed by atoms with Crippen LogP contribution in [-0.4, -0.2) is 151 Å². The van der Waals surface area contributed by atoms with E-state index in [-0.39, 0.29) is 30.5 Å². The third-order valence-electron chi connectivity index (χ3n) is 14.6. The summed E-state index contributed by atoms with van der Waals surface area (Å²) < 4.78 is 40.7. The number of carbonyl (C=O) groups excluding carboxylic acids is 5. The van der Waals surface area contributed by atoms with Gasteiger partial charge in [-0.25, -0.2) is 4.79 Å². The van der Waals surface area contributed by atoms with Crippen LogP contribution in [0.15, 0.2) is 24.3 Å². The third kappa shape index (κ3) is 15.7. The summed E-state index contributed by atoms with van der Waals surface area (Å²) in [6.07, 6.45) is -1.90. The monoisotopic (exact) mass is 992 g/mol. The normalized spacial score (nSPS) is 31.4. The van der Waals surface area contributed by atoms with Gasteiger partial charge >= 0.3 is 17.9 Å². The molecule has 4 rings (SSSR count). The molecule has 1 amide bonds. The first-order valence-corrected chi connectivity index (χ1v) is 24.9. The number of ketones is 1. The van der Waals surface area contributed by atoms with Gasteiger partial charge in [0.25, 0.3) is 0 Å². The molecule has 10 N–H and O–H groups in total. The number of aliphatic hydroxyl groups is 2. The molecular formula is C51H85N5O14. The molecular weight excluding hydrogens is 907 g/mol. The van der Waals surface area contributed by atoms with Gasteiger partial charge in [-0.2, -0.15) is 0 Å². The van der Waals surface area contributed by atoms with Crippen LogP contribution in [0, 0.1) is 23.7 Å². The van der Waals surface area contributed by atoms with Gasteiger partial charge in [0.15, 0.2) is 19.5 Å². The van der Waals surface area contributed by atoms with Crippen molar-refractivity contribution < 1.29 is 67.3 Å². The molecule has 0 radical (unpaired) electrons. The van der Waals surface area contributed by atoms with E-state index in [1.54, 1.807) is 20.9 Å². The van der Waals surface area contributed by atoms with Crippen LogP contribution in [0.4, 0.5) is 0 Å². The molecule has 19 nitrogen and oxygen atoms in total. The van der Waals surface area contributed by atoms with Crippen LogP contribution >= 0.6 is 0 Å². The standard InChI is InChI=1S/C51H85N5O14/c1-26(2)18-32-14-16-33(17-15-32)28(4)46(61)65-24-42(58)70-49(8,9)29(5)47(62)64-23-41(57)50(10,11)69-31(7)45(60)56-30(6)34-20-38(35(52)19-27(34)3)67-39-22-40(37(54)21-36(39)53)68-48-43(59)44(55-13)51(12,63)25-66-48/h14-17,26-31,34-40,43-44,48,55,59,63H,18-25,52-54H2,1-13H3,(H,56,60)/t27-,28?,29?,30-,31?,34?,35?,36+,37?,38+,39?,40-,43?,44?,48-,51+/m1/s1. The molecule has 70 heavy (non-hydrogen) atoms. The minimum absolute atomic E-state index is 0.0479. The quantitative estimate of drug-likeness (QED) is 0.0648. The maximum absolute atomic E-state index is 13.6. The summed E-state index contributed by atoms with van der Waals surface area (Å²) in [5.41, 5.74) is 17.4. The summed E-state index contributed by atoms with van der Waals surface area (Å²) in [5.74, 6) is -4.40. The Morgan fingerprint density at radius 1 is 0.829 bits per heavy atom. The molecule has 1 heterocycles. The molecule has 3 aliphatic rings. The van der Waals surface area contributed by atoms with Crippen LogP contribution in [0.1, 0.15) is 126 Å². The SMILES string of the molecule is CNC1C(O)[C@@H](O[C@@H]2CC(O[C@H]3CC([C@@H](C)NC(=O)C(C)OC(C)(C)C(=O)COC(=O)C(C)C(C)(C)OC(=O)COC(=O)C(C)c4ccc(CC(C)C)cc4)[C@H](C)CC3N)[C@@H](N)CC2N)OC[C@]1(C)O. The number of aliphatic hydroxyl groups excluding tert-OH is 1. The van der Waals surface area contributed by atoms with Gasteiger partial charge in [0.05, 0.1) is 42.8 Å². The summed E-state index contributed by atoms with van der Waals surface area (Å²) in [7, 11) is 1.64. The van der Waals surface area contributed by atoms with Crippen molar-refractivity contribution in [3.05, 3.63) is 35.4 Å². The molecule has 0 bridgehead atoms. The summed E-state index contributed by atoms with van der Waals surface area (Å²) >= 11 is 0. The number of likely N-dealkylation sites (N-methyl/N-ethyl adjacent to an activating group) is 1. The fraction of sp³-hybridized carbons (Fsp3) is 0.784. The zero-order valence-electron chi connectivity index (χ0n) is 43.7. The molecule has 3 fully saturated rings. The Bertz CT molecular complexity index is 1910. The highest BCUT2D eigenvalue weighted by Gasteiger charge is 2.49. The number of nitrogens with two attached hydrogens (primary N) is 3. The number of Topliss-reactive ketones (excluding diaryl/α,β-unsaturated/α-hetero) is 1. The molecule has 0 aromatic heterocycles. The van der Waals surface area contributed by atoms with Crippen molar-refractivity contribution in [2.75, 3.05) is 26.9 Å². The number of nitrogens with one attached hydrogen (secondary N) is 2. The van der Waals surface area contributed by atoms with E-state index in [1.807, 2.05) is 31.2 Å². The molecule has 1 aromatic rings. The van der Waals surface area contributed by atoms with Gasteiger partial charge in [-0.1, -0.05) is 45.0 Å². The second-order valence-electron chi connectivity index (χ2n) is 21.8. The molecule has 9 unspecified atom stereocenters. The van der Waals surface area contributed by atoms with Crippen molar-refractivity contribution in [3.63, 3.8) is 0 Å². The van der Waals surface area contributed by atoms with E-state index in [9.17, 15) is 34.2 Å². The number of esters is 3.